The minimum Gasteiger partial charge on any atom is -0.467 e. The summed E-state index contributed by atoms with van der Waals surface area (Å²) in [6, 6.07) is 0.272. The quantitative estimate of drug-likeness (QED) is 0.679. The molecule has 0 aliphatic carbocycles. The third kappa shape index (κ3) is 5.16. The van der Waals surface area contributed by atoms with Gasteiger partial charge in [-0.05, 0) is 6.42 Å². The Morgan fingerprint density at radius 1 is 1.47 bits per heavy atom. The summed E-state index contributed by atoms with van der Waals surface area (Å²) in [5.41, 5.74) is 0. The Kier molecular flexibility index (Phi) is 6.61. The van der Waals surface area contributed by atoms with Crippen molar-refractivity contribution in [2.24, 2.45) is 0 Å². The normalized spacial score (nSPS) is 10.3. The molecule has 0 spiro atoms. The molecule has 1 heterocycles. The van der Waals surface area contributed by atoms with Gasteiger partial charge in [-0.3, -0.25) is 0 Å². The SMILES string of the molecule is COc1ncc(Cl)c(NCCCOCCO)n1. The fourth-order valence-electron chi connectivity index (χ4n) is 1.12. The molecule has 0 fully saturated rings. The van der Waals surface area contributed by atoms with Crippen LogP contribution in [-0.2, 0) is 4.74 Å². The zero-order valence-corrected chi connectivity index (χ0v) is 10.4. The molecule has 0 saturated carbocycles. The first-order chi connectivity index (χ1) is 8.27. The Hall–Kier alpha value is -1.11. The van der Waals surface area contributed by atoms with E-state index in [1.165, 1.54) is 13.3 Å². The van der Waals surface area contributed by atoms with Crippen molar-refractivity contribution in [2.45, 2.75) is 6.42 Å². The number of ether oxygens (including phenoxy) is 2. The number of hydrogen-bond acceptors (Lipinski definition) is 6. The van der Waals surface area contributed by atoms with Gasteiger partial charge in [0, 0.05) is 13.2 Å². The zero-order chi connectivity index (χ0) is 12.5. The summed E-state index contributed by atoms with van der Waals surface area (Å²) in [7, 11) is 1.50. The summed E-state index contributed by atoms with van der Waals surface area (Å²) in [6.45, 7) is 1.66. The van der Waals surface area contributed by atoms with E-state index >= 15 is 0 Å². The summed E-state index contributed by atoms with van der Waals surface area (Å²) in [6.07, 6.45) is 2.28. The molecule has 0 aromatic carbocycles. The first-order valence-corrected chi connectivity index (χ1v) is 5.64. The van der Waals surface area contributed by atoms with E-state index < -0.39 is 0 Å². The van der Waals surface area contributed by atoms with E-state index in [1.54, 1.807) is 0 Å². The number of aliphatic hydroxyl groups is 1. The standard InChI is InChI=1S/C10H16ClN3O3/c1-16-10-13-7-8(11)9(14-10)12-3-2-5-17-6-4-15/h7,15H,2-6H2,1H3,(H,12,13,14). The van der Waals surface area contributed by atoms with E-state index in [0.717, 1.165) is 6.42 Å². The van der Waals surface area contributed by atoms with Gasteiger partial charge in [0.1, 0.15) is 5.02 Å². The van der Waals surface area contributed by atoms with Crippen LogP contribution in [0.3, 0.4) is 0 Å². The lowest BCUT2D eigenvalue weighted by Gasteiger charge is -2.08. The van der Waals surface area contributed by atoms with Crippen LogP contribution in [0.2, 0.25) is 5.02 Å². The Morgan fingerprint density at radius 2 is 2.29 bits per heavy atom. The largest absolute Gasteiger partial charge is 0.467 e. The van der Waals surface area contributed by atoms with Crippen LogP contribution >= 0.6 is 11.6 Å². The molecule has 17 heavy (non-hydrogen) atoms. The van der Waals surface area contributed by atoms with E-state index in [9.17, 15) is 0 Å². The lowest BCUT2D eigenvalue weighted by molar-refractivity contribution is 0.0922. The van der Waals surface area contributed by atoms with Crippen molar-refractivity contribution in [1.29, 1.82) is 0 Å². The number of methoxy groups -OCH3 is 1. The van der Waals surface area contributed by atoms with Crippen molar-refractivity contribution in [1.82, 2.24) is 9.97 Å². The first kappa shape index (κ1) is 14.0. The molecule has 1 aromatic rings. The van der Waals surface area contributed by atoms with E-state index in [4.69, 9.17) is 26.2 Å². The number of halogens is 1. The minimum atomic E-state index is 0.0440. The fourth-order valence-corrected chi connectivity index (χ4v) is 1.28. The molecule has 0 saturated heterocycles. The molecule has 0 aliphatic rings. The maximum absolute atomic E-state index is 8.51. The van der Waals surface area contributed by atoms with E-state index in [2.05, 4.69) is 15.3 Å². The number of nitrogens with one attached hydrogen (secondary N) is 1. The Morgan fingerprint density at radius 3 is 3.00 bits per heavy atom. The number of anilines is 1. The van der Waals surface area contributed by atoms with Gasteiger partial charge in [0.2, 0.25) is 0 Å². The number of hydrogen-bond donors (Lipinski definition) is 2. The summed E-state index contributed by atoms with van der Waals surface area (Å²) in [5, 5.41) is 12.0. The Balaban J connectivity index is 2.30. The van der Waals surface area contributed by atoms with Crippen molar-refractivity contribution in [3.05, 3.63) is 11.2 Å². The monoisotopic (exact) mass is 261 g/mol. The molecule has 6 nitrogen and oxygen atoms in total. The molecule has 96 valence electrons. The van der Waals surface area contributed by atoms with Crippen LogP contribution in [0.15, 0.2) is 6.20 Å². The van der Waals surface area contributed by atoms with Crippen LogP contribution < -0.4 is 10.1 Å². The zero-order valence-electron chi connectivity index (χ0n) is 9.65. The summed E-state index contributed by atoms with van der Waals surface area (Å²) < 4.78 is 10.0. The summed E-state index contributed by atoms with van der Waals surface area (Å²) >= 11 is 5.91. The highest BCUT2D eigenvalue weighted by Crippen LogP contribution is 2.19. The third-order valence-electron chi connectivity index (χ3n) is 1.90. The molecule has 1 aromatic heterocycles. The molecular formula is C10H16ClN3O3. The van der Waals surface area contributed by atoms with Crippen LogP contribution in [0.25, 0.3) is 0 Å². The average Bonchev–Trinajstić information content (AvgIpc) is 2.35. The lowest BCUT2D eigenvalue weighted by atomic mass is 10.4. The molecule has 0 radical (unpaired) electrons. The molecular weight excluding hydrogens is 246 g/mol. The van der Waals surface area contributed by atoms with Gasteiger partial charge in [-0.25, -0.2) is 4.98 Å². The highest BCUT2D eigenvalue weighted by atomic mass is 35.5. The number of aliphatic hydroxyl groups excluding tert-OH is 1. The molecule has 0 aliphatic heterocycles. The van der Waals surface area contributed by atoms with Crippen molar-refractivity contribution in [2.75, 3.05) is 38.8 Å². The number of rotatable bonds is 8. The summed E-state index contributed by atoms with van der Waals surface area (Å²) in [4.78, 5) is 7.94. The first-order valence-electron chi connectivity index (χ1n) is 5.27. The smallest absolute Gasteiger partial charge is 0.318 e. The van der Waals surface area contributed by atoms with Crippen LogP contribution in [0, 0.1) is 0 Å². The Bertz CT molecular complexity index is 339. The van der Waals surface area contributed by atoms with Gasteiger partial charge in [0.25, 0.3) is 0 Å². The maximum Gasteiger partial charge on any atom is 0.318 e. The van der Waals surface area contributed by atoms with Gasteiger partial charge in [0.05, 0.1) is 26.5 Å². The highest BCUT2D eigenvalue weighted by molar-refractivity contribution is 6.32. The van der Waals surface area contributed by atoms with Gasteiger partial charge in [-0.1, -0.05) is 11.6 Å². The molecule has 0 atom stereocenters. The van der Waals surface area contributed by atoms with Crippen LogP contribution in [0.4, 0.5) is 5.82 Å². The molecule has 2 N–H and O–H groups in total. The number of aromatic nitrogens is 2. The van der Waals surface area contributed by atoms with Crippen LogP contribution in [-0.4, -0.2) is 48.5 Å². The topological polar surface area (TPSA) is 76.5 Å². The minimum absolute atomic E-state index is 0.0440. The van der Waals surface area contributed by atoms with Gasteiger partial charge in [0.15, 0.2) is 5.82 Å². The van der Waals surface area contributed by atoms with Crippen LogP contribution in [0.5, 0.6) is 6.01 Å². The average molecular weight is 262 g/mol. The van der Waals surface area contributed by atoms with Crippen LogP contribution in [0.1, 0.15) is 6.42 Å². The third-order valence-corrected chi connectivity index (χ3v) is 2.17. The molecule has 0 bridgehead atoms. The molecule has 1 rings (SSSR count). The molecule has 7 heteroatoms. The van der Waals surface area contributed by atoms with Gasteiger partial charge < -0.3 is 19.9 Å². The van der Waals surface area contributed by atoms with E-state index in [1.807, 2.05) is 0 Å². The predicted molar refractivity (Wildman–Crippen MR) is 64.6 cm³/mol. The maximum atomic E-state index is 8.51. The molecule has 0 unspecified atom stereocenters. The van der Waals surface area contributed by atoms with E-state index in [0.29, 0.717) is 30.6 Å². The second kappa shape index (κ2) is 8.05. The summed E-state index contributed by atoms with van der Waals surface area (Å²) in [5.74, 6) is 0.542. The van der Waals surface area contributed by atoms with E-state index in [-0.39, 0.29) is 12.6 Å². The van der Waals surface area contributed by atoms with Gasteiger partial charge in [-0.15, -0.1) is 0 Å². The van der Waals surface area contributed by atoms with Crippen molar-refractivity contribution >= 4 is 17.4 Å². The second-order valence-corrected chi connectivity index (χ2v) is 3.58. The van der Waals surface area contributed by atoms with Crippen molar-refractivity contribution in [3.63, 3.8) is 0 Å². The van der Waals surface area contributed by atoms with Crippen molar-refractivity contribution in [3.8, 4) is 6.01 Å². The second-order valence-electron chi connectivity index (χ2n) is 3.17. The Labute approximate surface area is 105 Å². The van der Waals surface area contributed by atoms with Gasteiger partial charge >= 0.3 is 6.01 Å². The van der Waals surface area contributed by atoms with Gasteiger partial charge in [-0.2, -0.15) is 4.98 Å². The highest BCUT2D eigenvalue weighted by Gasteiger charge is 2.04. The molecule has 0 amide bonds. The number of nitrogens with zero attached hydrogens (tertiary/aromatic N) is 2. The fraction of sp³-hybridized carbons (Fsp3) is 0.600. The van der Waals surface area contributed by atoms with Crippen molar-refractivity contribution < 1.29 is 14.6 Å². The predicted octanol–water partition coefficient (Wildman–Crippen LogP) is 0.949. The lowest BCUT2D eigenvalue weighted by Crippen LogP contribution is -2.09.